The highest BCUT2D eigenvalue weighted by atomic mass is 79.9. The Bertz CT molecular complexity index is 310. The third kappa shape index (κ3) is 3.00. The number of carbonyl (C=O) groups excluding carboxylic acids is 1. The third-order valence-corrected chi connectivity index (χ3v) is 2.81. The minimum absolute atomic E-state index is 0.283. The van der Waals surface area contributed by atoms with Gasteiger partial charge < -0.3 is 4.74 Å². The summed E-state index contributed by atoms with van der Waals surface area (Å²) in [7, 11) is 0. The molecule has 14 heavy (non-hydrogen) atoms. The Hall–Kier alpha value is -0.540. The van der Waals surface area contributed by atoms with Crippen molar-refractivity contribution in [2.75, 3.05) is 6.61 Å². The first-order valence-electron chi connectivity index (χ1n) is 4.21. The number of rotatable bonds is 3. The summed E-state index contributed by atoms with van der Waals surface area (Å²) in [5, 5.41) is 0.650. The second kappa shape index (κ2) is 5.37. The van der Waals surface area contributed by atoms with E-state index in [4.69, 9.17) is 16.3 Å². The summed E-state index contributed by atoms with van der Waals surface area (Å²) in [5.41, 5.74) is 0.841. The van der Waals surface area contributed by atoms with Crippen LogP contribution < -0.4 is 0 Å². The van der Waals surface area contributed by atoms with Crippen molar-refractivity contribution in [3.8, 4) is 0 Å². The number of esters is 1. The molecule has 2 nitrogen and oxygen atoms in total. The molecule has 0 fully saturated rings. The molecular weight excluding hydrogens is 267 g/mol. The average molecular weight is 278 g/mol. The van der Waals surface area contributed by atoms with Crippen LogP contribution in [0.1, 0.15) is 17.3 Å². The Kier molecular flexibility index (Phi) is 4.42. The molecule has 0 aromatic heterocycles. The van der Waals surface area contributed by atoms with Crippen molar-refractivity contribution in [2.45, 2.75) is 11.8 Å². The molecule has 0 amide bonds. The number of hydrogen-bond acceptors (Lipinski definition) is 2. The van der Waals surface area contributed by atoms with Gasteiger partial charge >= 0.3 is 5.97 Å². The van der Waals surface area contributed by atoms with Gasteiger partial charge in [0.15, 0.2) is 0 Å². The van der Waals surface area contributed by atoms with Gasteiger partial charge in [0.05, 0.1) is 6.61 Å². The van der Waals surface area contributed by atoms with Gasteiger partial charge in [-0.2, -0.15) is 0 Å². The van der Waals surface area contributed by atoms with Crippen LogP contribution >= 0.6 is 27.5 Å². The van der Waals surface area contributed by atoms with Crippen LogP contribution in [-0.4, -0.2) is 12.6 Å². The van der Waals surface area contributed by atoms with Gasteiger partial charge in [0, 0.05) is 5.02 Å². The van der Waals surface area contributed by atoms with E-state index < -0.39 is 4.83 Å². The van der Waals surface area contributed by atoms with Crippen LogP contribution in [0, 0.1) is 0 Å². The van der Waals surface area contributed by atoms with Crippen molar-refractivity contribution in [3.05, 3.63) is 34.9 Å². The average Bonchev–Trinajstić information content (AvgIpc) is 2.18. The maximum absolute atomic E-state index is 11.3. The van der Waals surface area contributed by atoms with Crippen molar-refractivity contribution in [1.82, 2.24) is 0 Å². The van der Waals surface area contributed by atoms with Gasteiger partial charge in [0.2, 0.25) is 0 Å². The fourth-order valence-corrected chi connectivity index (χ4v) is 1.55. The molecule has 0 saturated carbocycles. The van der Waals surface area contributed by atoms with E-state index in [9.17, 15) is 4.79 Å². The first-order chi connectivity index (χ1) is 6.65. The zero-order valence-electron chi connectivity index (χ0n) is 7.67. The van der Waals surface area contributed by atoms with Gasteiger partial charge in [0.1, 0.15) is 4.83 Å². The van der Waals surface area contributed by atoms with Gasteiger partial charge in [-0.1, -0.05) is 39.7 Å². The molecule has 0 spiro atoms. The minimum atomic E-state index is -0.417. The molecule has 0 bridgehead atoms. The van der Waals surface area contributed by atoms with Gasteiger partial charge in [-0.25, -0.2) is 0 Å². The monoisotopic (exact) mass is 276 g/mol. The Morgan fingerprint density at radius 2 is 2.07 bits per heavy atom. The summed E-state index contributed by atoms with van der Waals surface area (Å²) in [6, 6.07) is 7.06. The highest BCUT2D eigenvalue weighted by molar-refractivity contribution is 9.09. The summed E-state index contributed by atoms with van der Waals surface area (Å²) in [5.74, 6) is -0.283. The first kappa shape index (κ1) is 11.5. The summed E-state index contributed by atoms with van der Waals surface area (Å²) < 4.78 is 4.87. The van der Waals surface area contributed by atoms with Gasteiger partial charge in [-0.15, -0.1) is 0 Å². The number of halogens is 2. The van der Waals surface area contributed by atoms with Crippen molar-refractivity contribution in [3.63, 3.8) is 0 Å². The van der Waals surface area contributed by atoms with E-state index >= 15 is 0 Å². The van der Waals surface area contributed by atoms with E-state index in [1.54, 1.807) is 31.2 Å². The van der Waals surface area contributed by atoms with Crippen LogP contribution in [0.25, 0.3) is 0 Å². The fraction of sp³-hybridized carbons (Fsp3) is 0.300. The molecule has 0 aliphatic carbocycles. The first-order valence-corrected chi connectivity index (χ1v) is 5.50. The van der Waals surface area contributed by atoms with Crippen LogP contribution in [0.3, 0.4) is 0 Å². The molecule has 1 rings (SSSR count). The Balaban J connectivity index is 2.73. The maximum Gasteiger partial charge on any atom is 0.324 e. The van der Waals surface area contributed by atoms with E-state index in [1.165, 1.54) is 0 Å². The van der Waals surface area contributed by atoms with Crippen molar-refractivity contribution >= 4 is 33.5 Å². The molecular formula is C10H10BrClO2. The van der Waals surface area contributed by atoms with E-state index in [-0.39, 0.29) is 5.97 Å². The van der Waals surface area contributed by atoms with Crippen molar-refractivity contribution in [2.24, 2.45) is 0 Å². The molecule has 0 aliphatic heterocycles. The topological polar surface area (TPSA) is 26.3 Å². The summed E-state index contributed by atoms with van der Waals surface area (Å²) in [6.07, 6.45) is 0. The largest absolute Gasteiger partial charge is 0.465 e. The van der Waals surface area contributed by atoms with Crippen LogP contribution in [0.2, 0.25) is 5.02 Å². The lowest BCUT2D eigenvalue weighted by Gasteiger charge is -2.08. The van der Waals surface area contributed by atoms with E-state index in [0.717, 1.165) is 5.56 Å². The zero-order valence-corrected chi connectivity index (χ0v) is 10.0. The quantitative estimate of drug-likeness (QED) is 0.626. The third-order valence-electron chi connectivity index (χ3n) is 1.66. The number of carbonyl (C=O) groups is 1. The lowest BCUT2D eigenvalue weighted by atomic mass is 10.1. The minimum Gasteiger partial charge on any atom is -0.465 e. The molecule has 0 unspecified atom stereocenters. The highest BCUT2D eigenvalue weighted by Gasteiger charge is 2.17. The van der Waals surface area contributed by atoms with Crippen molar-refractivity contribution < 1.29 is 9.53 Å². The van der Waals surface area contributed by atoms with Crippen LogP contribution in [-0.2, 0) is 9.53 Å². The Labute approximate surface area is 96.3 Å². The summed E-state index contributed by atoms with van der Waals surface area (Å²) >= 11 is 8.98. The summed E-state index contributed by atoms with van der Waals surface area (Å²) in [6.45, 7) is 2.16. The lowest BCUT2D eigenvalue weighted by Crippen LogP contribution is -2.10. The second-order valence-electron chi connectivity index (χ2n) is 2.67. The predicted molar refractivity (Wildman–Crippen MR) is 59.8 cm³/mol. The molecule has 4 heteroatoms. The predicted octanol–water partition coefficient (Wildman–Crippen LogP) is 3.34. The Morgan fingerprint density at radius 3 is 2.57 bits per heavy atom. The van der Waals surface area contributed by atoms with Gasteiger partial charge in [-0.05, 0) is 24.6 Å². The molecule has 0 radical (unpaired) electrons. The lowest BCUT2D eigenvalue weighted by molar-refractivity contribution is -0.142. The fourth-order valence-electron chi connectivity index (χ4n) is 0.983. The molecule has 1 aromatic carbocycles. The number of hydrogen-bond donors (Lipinski definition) is 0. The molecule has 1 aromatic rings. The SMILES string of the molecule is CCOC(=O)[C@@H](Br)c1ccc(Cl)cc1. The smallest absolute Gasteiger partial charge is 0.324 e. The standard InChI is InChI=1S/C10H10BrClO2/c1-2-14-10(13)9(11)7-3-5-8(12)6-4-7/h3-6,9H,2H2,1H3/t9-/m0/s1. The summed E-state index contributed by atoms with van der Waals surface area (Å²) in [4.78, 5) is 10.9. The van der Waals surface area contributed by atoms with Crippen LogP contribution in [0.4, 0.5) is 0 Å². The van der Waals surface area contributed by atoms with Crippen molar-refractivity contribution in [1.29, 1.82) is 0 Å². The van der Waals surface area contributed by atoms with E-state index in [2.05, 4.69) is 15.9 Å². The van der Waals surface area contributed by atoms with Crippen LogP contribution in [0.15, 0.2) is 24.3 Å². The van der Waals surface area contributed by atoms with E-state index in [0.29, 0.717) is 11.6 Å². The highest BCUT2D eigenvalue weighted by Crippen LogP contribution is 2.25. The number of alkyl halides is 1. The van der Waals surface area contributed by atoms with Crippen LogP contribution in [0.5, 0.6) is 0 Å². The molecule has 76 valence electrons. The molecule has 1 atom stereocenters. The molecule has 0 saturated heterocycles. The van der Waals surface area contributed by atoms with Gasteiger partial charge in [0.25, 0.3) is 0 Å². The number of ether oxygens (including phenoxy) is 1. The maximum atomic E-state index is 11.3. The molecule has 0 heterocycles. The zero-order chi connectivity index (χ0) is 10.6. The molecule has 0 aliphatic rings. The second-order valence-corrected chi connectivity index (χ2v) is 4.02. The Morgan fingerprint density at radius 1 is 1.50 bits per heavy atom. The molecule has 0 N–H and O–H groups in total. The van der Waals surface area contributed by atoms with Gasteiger partial charge in [-0.3, -0.25) is 4.79 Å². The normalized spacial score (nSPS) is 12.2. The number of benzene rings is 1. The van der Waals surface area contributed by atoms with E-state index in [1.807, 2.05) is 0 Å².